The molecule has 0 aromatic carbocycles. The molecule has 2 unspecified atom stereocenters. The van der Waals surface area contributed by atoms with Gasteiger partial charge in [-0.2, -0.15) is 0 Å². The average molecular weight is 261 g/mol. The topological polar surface area (TPSA) is 60.2 Å². The predicted molar refractivity (Wildman–Crippen MR) is 72.7 cm³/mol. The highest BCUT2D eigenvalue weighted by atomic mass is 32.2. The van der Waals surface area contributed by atoms with E-state index in [-0.39, 0.29) is 0 Å². The zero-order valence-corrected chi connectivity index (χ0v) is 12.2. The molecule has 0 aromatic heterocycles. The summed E-state index contributed by atoms with van der Waals surface area (Å²) in [5, 5.41) is 0. The normalized spacial score (nSPS) is 27.1. The van der Waals surface area contributed by atoms with Crippen molar-refractivity contribution >= 4 is 9.84 Å². The highest BCUT2D eigenvalue weighted by molar-refractivity contribution is 7.92. The van der Waals surface area contributed by atoms with Gasteiger partial charge in [-0.1, -0.05) is 19.3 Å². The Morgan fingerprint density at radius 3 is 2.12 bits per heavy atom. The van der Waals surface area contributed by atoms with E-state index in [0.717, 1.165) is 12.8 Å². The van der Waals surface area contributed by atoms with E-state index < -0.39 is 14.6 Å². The van der Waals surface area contributed by atoms with Gasteiger partial charge in [0.2, 0.25) is 0 Å². The van der Waals surface area contributed by atoms with Gasteiger partial charge in [0.05, 0.1) is 10.5 Å². The molecule has 2 N–H and O–H groups in total. The lowest BCUT2D eigenvalue weighted by Gasteiger charge is -2.31. The smallest absolute Gasteiger partial charge is 0.155 e. The fourth-order valence-corrected chi connectivity index (χ4v) is 3.81. The minimum absolute atomic E-state index is 0.317. The molecule has 0 spiro atoms. The van der Waals surface area contributed by atoms with Crippen molar-refractivity contribution in [3.05, 3.63) is 0 Å². The Kier molecular flexibility index (Phi) is 5.02. The molecular formula is C13H27NO2S. The number of sulfone groups is 1. The molecular weight excluding hydrogens is 234 g/mol. The summed E-state index contributed by atoms with van der Waals surface area (Å²) in [7, 11) is -2.97. The molecule has 2 atom stereocenters. The summed E-state index contributed by atoms with van der Waals surface area (Å²) in [5.74, 6) is 1.38. The zero-order chi connectivity index (χ0) is 13.1. The molecule has 1 aliphatic carbocycles. The SMILES string of the molecule is CC(C)(C)S(=O)(=O)CCC1CCCCC1CN. The van der Waals surface area contributed by atoms with Crippen molar-refractivity contribution in [2.24, 2.45) is 17.6 Å². The fourth-order valence-electron chi connectivity index (χ4n) is 2.59. The van der Waals surface area contributed by atoms with E-state index in [9.17, 15) is 8.42 Å². The van der Waals surface area contributed by atoms with Gasteiger partial charge >= 0.3 is 0 Å². The van der Waals surface area contributed by atoms with Crippen LogP contribution in [0.3, 0.4) is 0 Å². The summed E-state index contributed by atoms with van der Waals surface area (Å²) < 4.78 is 23.5. The van der Waals surface area contributed by atoms with Crippen molar-refractivity contribution in [3.63, 3.8) is 0 Å². The second-order valence-electron chi connectivity index (χ2n) is 6.26. The summed E-state index contributed by atoms with van der Waals surface area (Å²) in [6, 6.07) is 0. The molecule has 0 amide bonds. The number of nitrogens with two attached hydrogens (primary N) is 1. The largest absolute Gasteiger partial charge is 0.330 e. The Hall–Kier alpha value is -0.0900. The number of hydrogen-bond donors (Lipinski definition) is 1. The highest BCUT2D eigenvalue weighted by Crippen LogP contribution is 2.32. The van der Waals surface area contributed by atoms with Crippen LogP contribution in [0.25, 0.3) is 0 Å². The van der Waals surface area contributed by atoms with Crippen molar-refractivity contribution in [1.29, 1.82) is 0 Å². The van der Waals surface area contributed by atoms with Crippen LogP contribution in [0.15, 0.2) is 0 Å². The lowest BCUT2D eigenvalue weighted by atomic mass is 9.78. The first-order valence-corrected chi connectivity index (χ1v) is 8.35. The quantitative estimate of drug-likeness (QED) is 0.845. The first-order valence-electron chi connectivity index (χ1n) is 6.70. The van der Waals surface area contributed by atoms with Gasteiger partial charge in [-0.3, -0.25) is 0 Å². The van der Waals surface area contributed by atoms with Crippen LogP contribution in [0, 0.1) is 11.8 Å². The molecule has 0 heterocycles. The van der Waals surface area contributed by atoms with Crippen molar-refractivity contribution in [2.75, 3.05) is 12.3 Å². The number of rotatable bonds is 4. The molecule has 4 heteroatoms. The second-order valence-corrected chi connectivity index (χ2v) is 9.12. The molecule has 0 aromatic rings. The maximum atomic E-state index is 12.1. The summed E-state index contributed by atoms with van der Waals surface area (Å²) in [6.45, 7) is 6.05. The van der Waals surface area contributed by atoms with Crippen LogP contribution in [0.2, 0.25) is 0 Å². The van der Waals surface area contributed by atoms with Crippen LogP contribution in [0.1, 0.15) is 52.9 Å². The Bertz CT molecular complexity index is 330. The molecule has 0 aliphatic heterocycles. The summed E-state index contributed by atoms with van der Waals surface area (Å²) in [4.78, 5) is 0. The predicted octanol–water partition coefficient (Wildman–Crippen LogP) is 2.35. The van der Waals surface area contributed by atoms with Gasteiger partial charge in [0.1, 0.15) is 0 Å². The molecule has 3 nitrogen and oxygen atoms in total. The molecule has 17 heavy (non-hydrogen) atoms. The standard InChI is InChI=1S/C13H27NO2S/c1-13(2,3)17(15,16)9-8-11-6-4-5-7-12(11)10-14/h11-12H,4-10,14H2,1-3H3. The van der Waals surface area contributed by atoms with E-state index in [2.05, 4.69) is 0 Å². The lowest BCUT2D eigenvalue weighted by Crippen LogP contribution is -2.33. The number of hydrogen-bond acceptors (Lipinski definition) is 3. The van der Waals surface area contributed by atoms with Crippen LogP contribution in [-0.2, 0) is 9.84 Å². The Morgan fingerprint density at radius 1 is 1.12 bits per heavy atom. The second kappa shape index (κ2) is 5.70. The van der Waals surface area contributed by atoms with Crippen LogP contribution < -0.4 is 5.73 Å². The van der Waals surface area contributed by atoms with Crippen molar-refractivity contribution in [1.82, 2.24) is 0 Å². The maximum absolute atomic E-state index is 12.1. The summed E-state index contributed by atoms with van der Waals surface area (Å²) in [5.41, 5.74) is 5.77. The van der Waals surface area contributed by atoms with Crippen LogP contribution >= 0.6 is 0 Å². The van der Waals surface area contributed by atoms with Crippen LogP contribution in [0.5, 0.6) is 0 Å². The van der Waals surface area contributed by atoms with E-state index in [0.29, 0.717) is 24.1 Å². The molecule has 1 aliphatic rings. The highest BCUT2D eigenvalue weighted by Gasteiger charge is 2.31. The van der Waals surface area contributed by atoms with Crippen molar-refractivity contribution < 1.29 is 8.42 Å². The van der Waals surface area contributed by atoms with Gasteiger partial charge in [-0.25, -0.2) is 8.42 Å². The van der Waals surface area contributed by atoms with E-state index >= 15 is 0 Å². The average Bonchev–Trinajstić information content (AvgIpc) is 2.25. The Balaban J connectivity index is 2.55. The molecule has 0 bridgehead atoms. The summed E-state index contributed by atoms with van der Waals surface area (Å²) >= 11 is 0. The van der Waals surface area contributed by atoms with E-state index in [4.69, 9.17) is 5.73 Å². The van der Waals surface area contributed by atoms with Crippen LogP contribution in [-0.4, -0.2) is 25.5 Å². The van der Waals surface area contributed by atoms with Gasteiger partial charge < -0.3 is 5.73 Å². The van der Waals surface area contributed by atoms with Gasteiger partial charge in [0.25, 0.3) is 0 Å². The fraction of sp³-hybridized carbons (Fsp3) is 1.00. The minimum Gasteiger partial charge on any atom is -0.330 e. The van der Waals surface area contributed by atoms with E-state index in [1.165, 1.54) is 19.3 Å². The third-order valence-electron chi connectivity index (χ3n) is 4.06. The van der Waals surface area contributed by atoms with Gasteiger partial charge in [0.15, 0.2) is 9.84 Å². The first-order chi connectivity index (χ1) is 7.78. The van der Waals surface area contributed by atoms with Gasteiger partial charge in [0, 0.05) is 0 Å². The molecule has 102 valence electrons. The lowest BCUT2D eigenvalue weighted by molar-refractivity contribution is 0.237. The molecule has 0 saturated heterocycles. The van der Waals surface area contributed by atoms with Gasteiger partial charge in [-0.05, 0) is 52.0 Å². The Morgan fingerprint density at radius 2 is 1.65 bits per heavy atom. The molecule has 1 rings (SSSR count). The minimum atomic E-state index is -2.97. The van der Waals surface area contributed by atoms with E-state index in [1.54, 1.807) is 20.8 Å². The molecule has 0 radical (unpaired) electrons. The Labute approximate surface area is 106 Å². The van der Waals surface area contributed by atoms with Crippen LogP contribution in [0.4, 0.5) is 0 Å². The monoisotopic (exact) mass is 261 g/mol. The van der Waals surface area contributed by atoms with Crippen molar-refractivity contribution in [2.45, 2.75) is 57.6 Å². The third-order valence-corrected chi connectivity index (χ3v) is 6.70. The zero-order valence-electron chi connectivity index (χ0n) is 11.4. The van der Waals surface area contributed by atoms with E-state index in [1.807, 2.05) is 0 Å². The molecule has 1 saturated carbocycles. The summed E-state index contributed by atoms with van der Waals surface area (Å²) in [6.07, 6.45) is 5.61. The first kappa shape index (κ1) is 15.0. The van der Waals surface area contributed by atoms with Gasteiger partial charge in [-0.15, -0.1) is 0 Å². The maximum Gasteiger partial charge on any atom is 0.155 e. The molecule has 1 fully saturated rings. The third kappa shape index (κ3) is 3.95. The van der Waals surface area contributed by atoms with Crippen molar-refractivity contribution in [3.8, 4) is 0 Å².